The zero-order valence-electron chi connectivity index (χ0n) is 11.8. The van der Waals surface area contributed by atoms with Crippen LogP contribution < -0.4 is 11.2 Å². The first-order chi connectivity index (χ1) is 10.6. The van der Waals surface area contributed by atoms with E-state index in [4.69, 9.17) is 11.6 Å². The van der Waals surface area contributed by atoms with Gasteiger partial charge in [-0.05, 0) is 24.6 Å². The molecule has 9 heteroatoms. The van der Waals surface area contributed by atoms with E-state index in [1.54, 1.807) is 11.9 Å². The average Bonchev–Trinajstić information content (AvgIpc) is 2.46. The molecule has 0 aliphatic carbocycles. The van der Waals surface area contributed by atoms with Crippen LogP contribution in [-0.4, -0.2) is 14.7 Å². The number of aliphatic hydroxyl groups is 1. The molecule has 0 saturated carbocycles. The molecule has 0 spiro atoms. The van der Waals surface area contributed by atoms with E-state index in [-0.39, 0.29) is 16.3 Å². The number of benzene rings is 1. The smallest absolute Gasteiger partial charge is 0.388 e. The van der Waals surface area contributed by atoms with Crippen molar-refractivity contribution in [2.75, 3.05) is 0 Å². The molecule has 0 aliphatic heterocycles. The molecule has 1 heterocycles. The van der Waals surface area contributed by atoms with Crippen molar-refractivity contribution in [3.63, 3.8) is 0 Å². The molecule has 0 radical (unpaired) electrons. The van der Waals surface area contributed by atoms with E-state index < -0.39 is 29.2 Å². The van der Waals surface area contributed by atoms with Gasteiger partial charge in [0, 0.05) is 16.7 Å². The zero-order chi connectivity index (χ0) is 17.4. The van der Waals surface area contributed by atoms with Gasteiger partial charge in [0.1, 0.15) is 5.69 Å². The maximum absolute atomic E-state index is 12.6. The molecule has 2 aromatic rings. The number of nitrogens with zero attached hydrogens (tertiary/aromatic N) is 1. The fourth-order valence-electron chi connectivity index (χ4n) is 2.04. The maximum atomic E-state index is 12.6. The molecule has 23 heavy (non-hydrogen) atoms. The third-order valence-electron chi connectivity index (χ3n) is 3.22. The van der Waals surface area contributed by atoms with E-state index in [9.17, 15) is 27.9 Å². The summed E-state index contributed by atoms with van der Waals surface area (Å²) < 4.78 is 38.3. The van der Waals surface area contributed by atoms with Crippen molar-refractivity contribution in [2.24, 2.45) is 0 Å². The molecule has 0 bridgehead atoms. The van der Waals surface area contributed by atoms with Gasteiger partial charge in [0.2, 0.25) is 0 Å². The fourth-order valence-corrected chi connectivity index (χ4v) is 2.28. The van der Waals surface area contributed by atoms with Crippen LogP contribution >= 0.6 is 11.6 Å². The first-order valence-electron chi connectivity index (χ1n) is 6.56. The first kappa shape index (κ1) is 17.3. The molecular weight excluding hydrogens is 337 g/mol. The van der Waals surface area contributed by atoms with E-state index in [1.807, 2.05) is 0 Å². The van der Waals surface area contributed by atoms with Crippen LogP contribution in [0.5, 0.6) is 0 Å². The molecule has 1 unspecified atom stereocenters. The van der Waals surface area contributed by atoms with Crippen molar-refractivity contribution in [3.05, 3.63) is 61.4 Å². The summed E-state index contributed by atoms with van der Waals surface area (Å²) in [5, 5.41) is 10.1. The minimum atomic E-state index is -4.83. The number of rotatable bonds is 3. The third kappa shape index (κ3) is 3.48. The van der Waals surface area contributed by atoms with Crippen molar-refractivity contribution in [1.82, 2.24) is 9.55 Å². The zero-order valence-corrected chi connectivity index (χ0v) is 12.6. The van der Waals surface area contributed by atoms with Gasteiger partial charge in [0.25, 0.3) is 5.56 Å². The molecule has 124 valence electrons. The van der Waals surface area contributed by atoms with Crippen LogP contribution in [0, 0.1) is 0 Å². The Balaban J connectivity index is 2.65. The van der Waals surface area contributed by atoms with Gasteiger partial charge in [-0.15, -0.1) is 0 Å². The van der Waals surface area contributed by atoms with Gasteiger partial charge >= 0.3 is 11.9 Å². The standard InChI is InChI=1S/C14H12ClF3N2O3/c1-2-10(21)8-5-7(3-4-9(8)15)20-12(22)6-11(14(16,17)18)19-13(20)23/h3-6,10,21H,2H2,1H3,(H,19,23). The number of hydrogen-bond acceptors (Lipinski definition) is 3. The van der Waals surface area contributed by atoms with Crippen LogP contribution in [0.2, 0.25) is 5.02 Å². The summed E-state index contributed by atoms with van der Waals surface area (Å²) in [7, 11) is 0. The highest BCUT2D eigenvalue weighted by Gasteiger charge is 2.33. The van der Waals surface area contributed by atoms with E-state index in [1.165, 1.54) is 18.2 Å². The van der Waals surface area contributed by atoms with Gasteiger partial charge in [0.05, 0.1) is 11.8 Å². The summed E-state index contributed by atoms with van der Waals surface area (Å²) >= 11 is 5.94. The number of hydrogen-bond donors (Lipinski definition) is 2. The Bertz CT molecular complexity index is 811. The number of halogens is 4. The maximum Gasteiger partial charge on any atom is 0.431 e. The Morgan fingerprint density at radius 1 is 1.30 bits per heavy atom. The molecule has 2 rings (SSSR count). The van der Waals surface area contributed by atoms with Crippen molar-refractivity contribution in [3.8, 4) is 5.69 Å². The van der Waals surface area contributed by atoms with Gasteiger partial charge in [-0.3, -0.25) is 4.79 Å². The summed E-state index contributed by atoms with van der Waals surface area (Å²) in [5.74, 6) is 0. The number of aliphatic hydroxyl groups excluding tert-OH is 1. The second-order valence-corrected chi connectivity index (χ2v) is 5.20. The first-order valence-corrected chi connectivity index (χ1v) is 6.94. The monoisotopic (exact) mass is 348 g/mol. The van der Waals surface area contributed by atoms with Crippen LogP contribution in [0.15, 0.2) is 33.9 Å². The number of alkyl halides is 3. The average molecular weight is 349 g/mol. The summed E-state index contributed by atoms with van der Waals surface area (Å²) in [5.41, 5.74) is -3.51. The lowest BCUT2D eigenvalue weighted by Crippen LogP contribution is -2.35. The van der Waals surface area contributed by atoms with Crippen molar-refractivity contribution >= 4 is 11.6 Å². The molecule has 1 aromatic heterocycles. The van der Waals surface area contributed by atoms with Gasteiger partial charge in [-0.25, -0.2) is 9.36 Å². The van der Waals surface area contributed by atoms with Crippen LogP contribution in [-0.2, 0) is 6.18 Å². The molecule has 1 aromatic carbocycles. The largest absolute Gasteiger partial charge is 0.431 e. The molecule has 1 atom stereocenters. The Morgan fingerprint density at radius 2 is 1.96 bits per heavy atom. The SMILES string of the molecule is CCC(O)c1cc(-n2c(=O)cc(C(F)(F)F)[nH]c2=O)ccc1Cl. The Morgan fingerprint density at radius 3 is 2.48 bits per heavy atom. The lowest BCUT2D eigenvalue weighted by Gasteiger charge is -2.13. The Labute approximate surface area is 133 Å². The number of nitrogens with one attached hydrogen (secondary N) is 1. The molecule has 0 fully saturated rings. The van der Waals surface area contributed by atoms with Crippen LogP contribution in [0.3, 0.4) is 0 Å². The predicted octanol–water partition coefficient (Wildman–Crippen LogP) is 2.64. The molecule has 0 saturated heterocycles. The summed E-state index contributed by atoms with van der Waals surface area (Å²) in [6.45, 7) is 1.70. The van der Waals surface area contributed by atoms with E-state index >= 15 is 0 Å². The fraction of sp³-hybridized carbons (Fsp3) is 0.286. The normalized spacial score (nSPS) is 13.1. The van der Waals surface area contributed by atoms with E-state index in [0.717, 1.165) is 0 Å². The summed E-state index contributed by atoms with van der Waals surface area (Å²) in [6, 6.07) is 4.25. The minimum absolute atomic E-state index is 0.0110. The summed E-state index contributed by atoms with van der Waals surface area (Å²) in [6.07, 6.45) is -5.42. The highest BCUT2D eigenvalue weighted by molar-refractivity contribution is 6.31. The Hall–Kier alpha value is -2.06. The van der Waals surface area contributed by atoms with Gasteiger partial charge in [-0.1, -0.05) is 18.5 Å². The lowest BCUT2D eigenvalue weighted by molar-refractivity contribution is -0.141. The van der Waals surface area contributed by atoms with E-state index in [2.05, 4.69) is 0 Å². The number of aromatic nitrogens is 2. The van der Waals surface area contributed by atoms with E-state index in [0.29, 0.717) is 17.1 Å². The number of H-pyrrole nitrogens is 1. The molecule has 5 nitrogen and oxygen atoms in total. The van der Waals surface area contributed by atoms with Crippen molar-refractivity contribution in [2.45, 2.75) is 25.6 Å². The molecular formula is C14H12ClF3N2O3. The topological polar surface area (TPSA) is 75.1 Å². The quantitative estimate of drug-likeness (QED) is 0.895. The third-order valence-corrected chi connectivity index (χ3v) is 3.57. The summed E-state index contributed by atoms with van der Waals surface area (Å²) in [4.78, 5) is 25.4. The van der Waals surface area contributed by atoms with Crippen LogP contribution in [0.4, 0.5) is 13.2 Å². The minimum Gasteiger partial charge on any atom is -0.388 e. The highest BCUT2D eigenvalue weighted by atomic mass is 35.5. The van der Waals surface area contributed by atoms with Crippen LogP contribution in [0.1, 0.15) is 30.7 Å². The number of aromatic amines is 1. The van der Waals surface area contributed by atoms with Gasteiger partial charge in [-0.2, -0.15) is 13.2 Å². The Kier molecular flexibility index (Phi) is 4.67. The lowest BCUT2D eigenvalue weighted by atomic mass is 10.1. The molecule has 0 aliphatic rings. The molecule has 2 N–H and O–H groups in total. The van der Waals surface area contributed by atoms with Crippen LogP contribution in [0.25, 0.3) is 5.69 Å². The van der Waals surface area contributed by atoms with Crippen molar-refractivity contribution in [1.29, 1.82) is 0 Å². The second-order valence-electron chi connectivity index (χ2n) is 4.79. The highest BCUT2D eigenvalue weighted by Crippen LogP contribution is 2.28. The molecule has 0 amide bonds. The van der Waals surface area contributed by atoms with Gasteiger partial charge in [0.15, 0.2) is 0 Å². The van der Waals surface area contributed by atoms with Crippen molar-refractivity contribution < 1.29 is 18.3 Å². The predicted molar refractivity (Wildman–Crippen MR) is 77.9 cm³/mol. The second kappa shape index (κ2) is 6.21. The van der Waals surface area contributed by atoms with Gasteiger partial charge < -0.3 is 10.1 Å².